The maximum absolute atomic E-state index is 11.7. The molecule has 8 heteroatoms. The highest BCUT2D eigenvalue weighted by atomic mass is 16.9. The largest absolute Gasteiger partial charge is 0.423 e. The second kappa shape index (κ2) is 8.82. The van der Waals surface area contributed by atoms with Crippen molar-refractivity contribution in [1.29, 1.82) is 0 Å². The van der Waals surface area contributed by atoms with Crippen molar-refractivity contribution in [3.05, 3.63) is 12.2 Å². The van der Waals surface area contributed by atoms with Gasteiger partial charge in [0, 0.05) is 5.57 Å². The summed E-state index contributed by atoms with van der Waals surface area (Å²) in [7, 11) is 0. The molecule has 0 radical (unpaired) electrons. The van der Waals surface area contributed by atoms with Gasteiger partial charge < -0.3 is 14.2 Å². The Bertz CT molecular complexity index is 502. The molecule has 0 aromatic rings. The molecule has 0 saturated heterocycles. The molecular weight excluding hydrogens is 308 g/mol. The first-order valence-electron chi connectivity index (χ1n) is 6.82. The standard InChI is InChI=1S/C15H20O8/c1-6-15(23-14(20)9(2)3,21-12(18)7-10(4)16)22-13(19)8-11(5)17/h2,6-8H2,1,3-5H3. The molecule has 128 valence electrons. The number of hydrogen-bond donors (Lipinski definition) is 0. The van der Waals surface area contributed by atoms with Crippen LogP contribution in [0.1, 0.15) is 47.0 Å². The van der Waals surface area contributed by atoms with E-state index in [2.05, 4.69) is 6.58 Å². The summed E-state index contributed by atoms with van der Waals surface area (Å²) < 4.78 is 14.7. The van der Waals surface area contributed by atoms with Gasteiger partial charge in [0.15, 0.2) is 0 Å². The van der Waals surface area contributed by atoms with Crippen LogP contribution in [0, 0.1) is 0 Å². The fourth-order valence-electron chi connectivity index (χ4n) is 1.33. The first-order chi connectivity index (χ1) is 10.5. The molecule has 23 heavy (non-hydrogen) atoms. The van der Waals surface area contributed by atoms with Crippen LogP contribution < -0.4 is 0 Å². The molecule has 0 rings (SSSR count). The molecule has 0 saturated carbocycles. The van der Waals surface area contributed by atoms with Gasteiger partial charge in [0.2, 0.25) is 0 Å². The van der Waals surface area contributed by atoms with E-state index in [1.165, 1.54) is 13.8 Å². The lowest BCUT2D eigenvalue weighted by Crippen LogP contribution is -2.44. The van der Waals surface area contributed by atoms with Crippen LogP contribution in [0.25, 0.3) is 0 Å². The Kier molecular flexibility index (Phi) is 7.86. The molecule has 0 aliphatic rings. The van der Waals surface area contributed by atoms with E-state index in [1.54, 1.807) is 0 Å². The molecule has 0 unspecified atom stereocenters. The molecule has 0 fully saturated rings. The first-order valence-corrected chi connectivity index (χ1v) is 6.82. The van der Waals surface area contributed by atoms with Gasteiger partial charge in [0.05, 0.1) is 6.42 Å². The molecule has 0 spiro atoms. The topological polar surface area (TPSA) is 113 Å². The third kappa shape index (κ3) is 7.89. The highest BCUT2D eigenvalue weighted by Crippen LogP contribution is 2.23. The molecule has 0 aromatic carbocycles. The second-order valence-electron chi connectivity index (χ2n) is 4.91. The monoisotopic (exact) mass is 328 g/mol. The second-order valence-corrected chi connectivity index (χ2v) is 4.91. The van der Waals surface area contributed by atoms with Crippen molar-refractivity contribution in [2.45, 2.75) is 52.9 Å². The van der Waals surface area contributed by atoms with Crippen LogP contribution in [0.15, 0.2) is 12.2 Å². The van der Waals surface area contributed by atoms with Crippen LogP contribution in [0.3, 0.4) is 0 Å². The van der Waals surface area contributed by atoms with Gasteiger partial charge in [0.1, 0.15) is 24.4 Å². The lowest BCUT2D eigenvalue weighted by molar-refractivity contribution is -0.329. The number of Topliss-reactive ketones (excluding diaryl/α,β-unsaturated/α-hetero) is 2. The SMILES string of the molecule is C=C(C)C(=O)OC(CC)(OC(=O)CC(C)=O)OC(=O)CC(C)=O. The van der Waals surface area contributed by atoms with Gasteiger partial charge in [-0.2, -0.15) is 0 Å². The van der Waals surface area contributed by atoms with Crippen LogP contribution in [0.2, 0.25) is 0 Å². The minimum Gasteiger partial charge on any atom is -0.388 e. The summed E-state index contributed by atoms with van der Waals surface area (Å²) in [5.74, 6) is -6.36. The number of rotatable bonds is 9. The zero-order valence-corrected chi connectivity index (χ0v) is 13.6. The van der Waals surface area contributed by atoms with Crippen LogP contribution in [-0.4, -0.2) is 35.4 Å². The van der Waals surface area contributed by atoms with E-state index < -0.39 is 48.3 Å². The summed E-state index contributed by atoms with van der Waals surface area (Å²) in [6, 6.07) is 0. The van der Waals surface area contributed by atoms with Crippen molar-refractivity contribution >= 4 is 29.5 Å². The first kappa shape index (κ1) is 20.5. The van der Waals surface area contributed by atoms with E-state index in [9.17, 15) is 24.0 Å². The van der Waals surface area contributed by atoms with Crippen LogP contribution in [0.5, 0.6) is 0 Å². The van der Waals surface area contributed by atoms with Gasteiger partial charge in [-0.25, -0.2) is 4.79 Å². The van der Waals surface area contributed by atoms with Crippen molar-refractivity contribution in [2.24, 2.45) is 0 Å². The Morgan fingerprint density at radius 2 is 1.22 bits per heavy atom. The fourth-order valence-corrected chi connectivity index (χ4v) is 1.33. The molecule has 0 heterocycles. The summed E-state index contributed by atoms with van der Waals surface area (Å²) in [5.41, 5.74) is -0.0203. The highest BCUT2D eigenvalue weighted by Gasteiger charge is 2.42. The summed E-state index contributed by atoms with van der Waals surface area (Å²) >= 11 is 0. The average Bonchev–Trinajstić information content (AvgIpc) is 2.35. The van der Waals surface area contributed by atoms with Crippen LogP contribution in [0.4, 0.5) is 0 Å². The number of esters is 3. The number of carbonyl (C=O) groups is 5. The highest BCUT2D eigenvalue weighted by molar-refractivity contribution is 5.95. The normalized spacial score (nSPS) is 10.4. The molecule has 0 aliphatic heterocycles. The molecule has 0 amide bonds. The van der Waals surface area contributed by atoms with Gasteiger partial charge in [-0.3, -0.25) is 19.2 Å². The van der Waals surface area contributed by atoms with Gasteiger partial charge in [-0.1, -0.05) is 13.5 Å². The van der Waals surface area contributed by atoms with Crippen molar-refractivity contribution in [1.82, 2.24) is 0 Å². The number of ketones is 2. The molecular formula is C15H20O8. The van der Waals surface area contributed by atoms with E-state index in [0.29, 0.717) is 0 Å². The lowest BCUT2D eigenvalue weighted by atomic mass is 10.3. The minimum atomic E-state index is -2.35. The number of ether oxygens (including phenoxy) is 3. The Hall–Kier alpha value is -2.51. The third-order valence-electron chi connectivity index (χ3n) is 2.35. The number of carbonyl (C=O) groups excluding carboxylic acids is 5. The van der Waals surface area contributed by atoms with E-state index in [1.807, 2.05) is 0 Å². The van der Waals surface area contributed by atoms with Gasteiger partial charge in [-0.05, 0) is 20.8 Å². The Labute approximate surface area is 133 Å². The predicted octanol–water partition coefficient (Wildman–Crippen LogP) is 1.21. The summed E-state index contributed by atoms with van der Waals surface area (Å²) in [4.78, 5) is 56.9. The smallest absolute Gasteiger partial charge is 0.388 e. The third-order valence-corrected chi connectivity index (χ3v) is 2.35. The van der Waals surface area contributed by atoms with Gasteiger partial charge in [-0.15, -0.1) is 0 Å². The maximum Gasteiger partial charge on any atom is 0.423 e. The molecule has 8 nitrogen and oxygen atoms in total. The van der Waals surface area contributed by atoms with Crippen LogP contribution in [-0.2, 0) is 38.2 Å². The lowest BCUT2D eigenvalue weighted by Gasteiger charge is -2.30. The van der Waals surface area contributed by atoms with Crippen molar-refractivity contribution < 1.29 is 38.2 Å². The molecule has 0 N–H and O–H groups in total. The average molecular weight is 328 g/mol. The molecule has 0 aromatic heterocycles. The summed E-state index contributed by atoms with van der Waals surface area (Å²) in [6.45, 7) is 8.46. The van der Waals surface area contributed by atoms with Gasteiger partial charge in [0.25, 0.3) is 0 Å². The quantitative estimate of drug-likeness (QED) is 0.269. The van der Waals surface area contributed by atoms with E-state index in [-0.39, 0.29) is 12.0 Å². The van der Waals surface area contributed by atoms with Crippen LogP contribution >= 0.6 is 0 Å². The zero-order valence-electron chi connectivity index (χ0n) is 13.6. The Morgan fingerprint density at radius 1 is 0.826 bits per heavy atom. The summed E-state index contributed by atoms with van der Waals surface area (Å²) in [5, 5.41) is 0. The number of hydrogen-bond acceptors (Lipinski definition) is 8. The zero-order chi connectivity index (χ0) is 18.2. The van der Waals surface area contributed by atoms with Crippen molar-refractivity contribution in [2.75, 3.05) is 0 Å². The molecule has 0 atom stereocenters. The summed E-state index contributed by atoms with van der Waals surface area (Å²) in [6.07, 6.45) is -1.41. The fraction of sp³-hybridized carbons (Fsp3) is 0.533. The Morgan fingerprint density at radius 3 is 1.48 bits per heavy atom. The van der Waals surface area contributed by atoms with E-state index >= 15 is 0 Å². The van der Waals surface area contributed by atoms with Crippen molar-refractivity contribution in [3.63, 3.8) is 0 Å². The van der Waals surface area contributed by atoms with Crippen molar-refractivity contribution in [3.8, 4) is 0 Å². The predicted molar refractivity (Wildman–Crippen MR) is 76.7 cm³/mol. The van der Waals surface area contributed by atoms with Gasteiger partial charge >= 0.3 is 23.9 Å². The maximum atomic E-state index is 11.7. The minimum absolute atomic E-state index is 0.0203. The Balaban J connectivity index is 5.35. The molecule has 0 aliphatic carbocycles. The van der Waals surface area contributed by atoms with E-state index in [0.717, 1.165) is 13.8 Å². The van der Waals surface area contributed by atoms with E-state index in [4.69, 9.17) is 14.2 Å². The molecule has 0 bridgehead atoms.